The van der Waals surface area contributed by atoms with Crippen LogP contribution in [0.3, 0.4) is 0 Å². The van der Waals surface area contributed by atoms with E-state index in [1.165, 1.54) is 32.1 Å². The van der Waals surface area contributed by atoms with E-state index in [0.29, 0.717) is 5.92 Å². The first-order valence-corrected chi connectivity index (χ1v) is 8.33. The maximum atomic E-state index is 12.7. The van der Waals surface area contributed by atoms with Crippen molar-refractivity contribution in [2.24, 2.45) is 5.92 Å². The van der Waals surface area contributed by atoms with Crippen molar-refractivity contribution in [2.75, 3.05) is 13.1 Å². The zero-order chi connectivity index (χ0) is 14.1. The van der Waals surface area contributed by atoms with Gasteiger partial charge in [-0.25, -0.2) is 0 Å². The lowest BCUT2D eigenvalue weighted by molar-refractivity contribution is -0.160. The minimum atomic E-state index is -0.196. The summed E-state index contributed by atoms with van der Waals surface area (Å²) in [6.45, 7) is 3.62. The SMILES string of the molecule is CCC1C(=O)N2CCCC2C(=O)N1CC1CCCCC1. The zero-order valence-corrected chi connectivity index (χ0v) is 12.5. The van der Waals surface area contributed by atoms with Crippen molar-refractivity contribution in [3.05, 3.63) is 0 Å². The molecule has 0 spiro atoms. The molecule has 2 aliphatic heterocycles. The minimum absolute atomic E-state index is 0.145. The summed E-state index contributed by atoms with van der Waals surface area (Å²) in [5.41, 5.74) is 0. The molecule has 0 aromatic carbocycles. The third-order valence-corrected chi connectivity index (χ3v) is 5.33. The zero-order valence-electron chi connectivity index (χ0n) is 12.5. The van der Waals surface area contributed by atoms with E-state index in [1.54, 1.807) is 0 Å². The quantitative estimate of drug-likeness (QED) is 0.794. The molecule has 3 fully saturated rings. The average Bonchev–Trinajstić information content (AvgIpc) is 2.96. The molecular weight excluding hydrogens is 252 g/mol. The van der Waals surface area contributed by atoms with Gasteiger partial charge in [0.25, 0.3) is 0 Å². The molecule has 112 valence electrons. The van der Waals surface area contributed by atoms with E-state index >= 15 is 0 Å². The van der Waals surface area contributed by atoms with Gasteiger partial charge in [0.05, 0.1) is 0 Å². The van der Waals surface area contributed by atoms with Gasteiger partial charge in [0.15, 0.2) is 0 Å². The Hall–Kier alpha value is -1.06. The van der Waals surface area contributed by atoms with E-state index in [1.807, 2.05) is 16.7 Å². The van der Waals surface area contributed by atoms with Gasteiger partial charge in [0.2, 0.25) is 11.8 Å². The largest absolute Gasteiger partial charge is 0.329 e. The van der Waals surface area contributed by atoms with Crippen LogP contribution >= 0.6 is 0 Å². The summed E-state index contributed by atoms with van der Waals surface area (Å²) in [4.78, 5) is 29.1. The molecule has 0 radical (unpaired) electrons. The lowest BCUT2D eigenvalue weighted by atomic mass is 9.88. The van der Waals surface area contributed by atoms with Gasteiger partial charge in [-0.3, -0.25) is 9.59 Å². The predicted molar refractivity (Wildman–Crippen MR) is 77.1 cm³/mol. The van der Waals surface area contributed by atoms with Crippen LogP contribution in [-0.2, 0) is 9.59 Å². The van der Waals surface area contributed by atoms with Crippen LogP contribution in [0.5, 0.6) is 0 Å². The number of piperazine rings is 1. The van der Waals surface area contributed by atoms with E-state index in [9.17, 15) is 9.59 Å². The van der Waals surface area contributed by atoms with Gasteiger partial charge in [0.1, 0.15) is 12.1 Å². The summed E-state index contributed by atoms with van der Waals surface area (Å²) in [6.07, 6.45) is 8.95. The summed E-state index contributed by atoms with van der Waals surface area (Å²) in [5, 5.41) is 0. The fourth-order valence-electron chi connectivity index (χ4n) is 4.22. The molecule has 4 nitrogen and oxygen atoms in total. The topological polar surface area (TPSA) is 40.6 Å². The van der Waals surface area contributed by atoms with Crippen molar-refractivity contribution in [3.8, 4) is 0 Å². The summed E-state index contributed by atoms with van der Waals surface area (Å²) in [5.74, 6) is 1.03. The molecule has 2 heterocycles. The fraction of sp³-hybridized carbons (Fsp3) is 0.875. The lowest BCUT2D eigenvalue weighted by Crippen LogP contribution is -2.63. The van der Waals surface area contributed by atoms with Crippen LogP contribution in [0.2, 0.25) is 0 Å². The van der Waals surface area contributed by atoms with E-state index in [0.717, 1.165) is 32.4 Å². The van der Waals surface area contributed by atoms with Gasteiger partial charge in [-0.15, -0.1) is 0 Å². The maximum absolute atomic E-state index is 12.7. The van der Waals surface area contributed by atoms with Crippen LogP contribution in [-0.4, -0.2) is 46.8 Å². The second-order valence-corrected chi connectivity index (χ2v) is 6.61. The number of hydrogen-bond donors (Lipinski definition) is 0. The molecule has 2 amide bonds. The molecule has 0 aromatic heterocycles. The van der Waals surface area contributed by atoms with Crippen molar-refractivity contribution >= 4 is 11.8 Å². The Labute approximate surface area is 121 Å². The molecule has 2 atom stereocenters. The summed E-state index contributed by atoms with van der Waals surface area (Å²) < 4.78 is 0. The predicted octanol–water partition coefficient (Wildman–Crippen LogP) is 2.18. The fourth-order valence-corrected chi connectivity index (χ4v) is 4.22. The van der Waals surface area contributed by atoms with Crippen LogP contribution in [0.15, 0.2) is 0 Å². The van der Waals surface area contributed by atoms with E-state index in [4.69, 9.17) is 0 Å². The summed E-state index contributed by atoms with van der Waals surface area (Å²) >= 11 is 0. The minimum Gasteiger partial charge on any atom is -0.329 e. The number of rotatable bonds is 3. The highest BCUT2D eigenvalue weighted by Gasteiger charge is 2.47. The highest BCUT2D eigenvalue weighted by Crippen LogP contribution is 2.31. The van der Waals surface area contributed by atoms with E-state index in [2.05, 4.69) is 0 Å². The molecule has 3 rings (SSSR count). The number of amides is 2. The number of hydrogen-bond acceptors (Lipinski definition) is 2. The van der Waals surface area contributed by atoms with Gasteiger partial charge in [-0.2, -0.15) is 0 Å². The first kappa shape index (κ1) is 13.9. The molecular formula is C16H26N2O2. The summed E-state index contributed by atoms with van der Waals surface area (Å²) in [6, 6.07) is -0.340. The van der Waals surface area contributed by atoms with Crippen molar-refractivity contribution in [1.29, 1.82) is 0 Å². The second-order valence-electron chi connectivity index (χ2n) is 6.61. The molecule has 1 aliphatic carbocycles. The molecule has 0 N–H and O–H groups in total. The van der Waals surface area contributed by atoms with E-state index in [-0.39, 0.29) is 23.9 Å². The van der Waals surface area contributed by atoms with Crippen molar-refractivity contribution < 1.29 is 9.59 Å². The molecule has 20 heavy (non-hydrogen) atoms. The molecule has 2 saturated heterocycles. The smallest absolute Gasteiger partial charge is 0.246 e. The standard InChI is InChI=1S/C16H26N2O2/c1-2-13-15(19)17-10-6-9-14(17)16(20)18(13)11-12-7-4-3-5-8-12/h12-14H,2-11H2,1H3. The molecule has 3 aliphatic rings. The van der Waals surface area contributed by atoms with Crippen LogP contribution in [0.4, 0.5) is 0 Å². The third kappa shape index (κ3) is 2.33. The Morgan fingerprint density at radius 3 is 2.45 bits per heavy atom. The van der Waals surface area contributed by atoms with Crippen LogP contribution in [0.25, 0.3) is 0 Å². The van der Waals surface area contributed by atoms with Crippen molar-refractivity contribution in [3.63, 3.8) is 0 Å². The Balaban J connectivity index is 1.75. The molecule has 1 saturated carbocycles. The van der Waals surface area contributed by atoms with Gasteiger partial charge >= 0.3 is 0 Å². The Morgan fingerprint density at radius 2 is 1.75 bits per heavy atom. The maximum Gasteiger partial charge on any atom is 0.246 e. The number of nitrogens with zero attached hydrogens (tertiary/aromatic N) is 2. The van der Waals surface area contributed by atoms with Crippen LogP contribution in [0, 0.1) is 5.92 Å². The Morgan fingerprint density at radius 1 is 1.00 bits per heavy atom. The van der Waals surface area contributed by atoms with Crippen molar-refractivity contribution in [1.82, 2.24) is 9.80 Å². The Bertz CT molecular complexity index is 390. The van der Waals surface area contributed by atoms with Crippen molar-refractivity contribution in [2.45, 2.75) is 70.4 Å². The first-order chi connectivity index (χ1) is 9.72. The highest BCUT2D eigenvalue weighted by atomic mass is 16.2. The third-order valence-electron chi connectivity index (χ3n) is 5.33. The van der Waals surface area contributed by atoms with E-state index < -0.39 is 0 Å². The normalized spacial score (nSPS) is 31.9. The second kappa shape index (κ2) is 5.74. The van der Waals surface area contributed by atoms with Crippen LogP contribution in [0.1, 0.15) is 58.3 Å². The Kier molecular flexibility index (Phi) is 3.99. The van der Waals surface area contributed by atoms with Gasteiger partial charge in [0, 0.05) is 13.1 Å². The monoisotopic (exact) mass is 278 g/mol. The average molecular weight is 278 g/mol. The van der Waals surface area contributed by atoms with Gasteiger partial charge < -0.3 is 9.80 Å². The van der Waals surface area contributed by atoms with Gasteiger partial charge in [-0.1, -0.05) is 26.2 Å². The first-order valence-electron chi connectivity index (χ1n) is 8.33. The van der Waals surface area contributed by atoms with Gasteiger partial charge in [-0.05, 0) is 38.0 Å². The summed E-state index contributed by atoms with van der Waals surface area (Å²) in [7, 11) is 0. The molecule has 2 unspecified atom stereocenters. The van der Waals surface area contributed by atoms with Crippen LogP contribution < -0.4 is 0 Å². The highest BCUT2D eigenvalue weighted by molar-refractivity contribution is 5.97. The molecule has 0 aromatic rings. The number of fused-ring (bicyclic) bond motifs is 1. The lowest BCUT2D eigenvalue weighted by Gasteiger charge is -2.43. The molecule has 4 heteroatoms. The number of carbonyl (C=O) groups is 2. The molecule has 0 bridgehead atoms. The number of carbonyl (C=O) groups excluding carboxylic acids is 2.